The maximum atomic E-state index is 14.2. The molecule has 1 amide bonds. The highest BCUT2D eigenvalue weighted by atomic mass is 19.1. The number of likely N-dealkylation sites (N-methyl/N-ethyl adjacent to an activating group) is 1. The first-order valence-electron chi connectivity index (χ1n) is 6.91. The second-order valence-corrected chi connectivity index (χ2v) is 5.76. The first-order valence-corrected chi connectivity index (χ1v) is 6.91. The lowest BCUT2D eigenvalue weighted by molar-refractivity contribution is 0.0711. The molecule has 1 heterocycles. The standard InChI is InChI=1S/C15H22FN3O/c1-10-7-11(17)8-13(14(10)16)15(20)19-6-4-5-12(19)9-18(2)3/h7-8,12H,4-6,9,17H2,1-3H3. The van der Waals surface area contributed by atoms with Crippen LogP contribution in [0.4, 0.5) is 10.1 Å². The van der Waals surface area contributed by atoms with Crippen molar-refractivity contribution < 1.29 is 9.18 Å². The molecule has 20 heavy (non-hydrogen) atoms. The highest BCUT2D eigenvalue weighted by Crippen LogP contribution is 2.24. The molecule has 2 rings (SSSR count). The van der Waals surface area contributed by atoms with Crippen LogP contribution < -0.4 is 5.73 Å². The highest BCUT2D eigenvalue weighted by molar-refractivity contribution is 5.96. The molecule has 1 saturated heterocycles. The van der Waals surface area contributed by atoms with Crippen LogP contribution in [0.25, 0.3) is 0 Å². The molecule has 0 saturated carbocycles. The number of likely N-dealkylation sites (tertiary alicyclic amines) is 1. The summed E-state index contributed by atoms with van der Waals surface area (Å²) in [5.41, 5.74) is 6.67. The molecule has 0 aromatic heterocycles. The summed E-state index contributed by atoms with van der Waals surface area (Å²) >= 11 is 0. The predicted molar refractivity (Wildman–Crippen MR) is 78.2 cm³/mol. The van der Waals surface area contributed by atoms with Crippen molar-refractivity contribution in [3.63, 3.8) is 0 Å². The predicted octanol–water partition coefficient (Wildman–Crippen LogP) is 1.88. The Morgan fingerprint density at radius 3 is 2.85 bits per heavy atom. The van der Waals surface area contributed by atoms with Gasteiger partial charge in [-0.1, -0.05) is 0 Å². The Morgan fingerprint density at radius 2 is 2.20 bits per heavy atom. The van der Waals surface area contributed by atoms with Crippen LogP contribution in [0.3, 0.4) is 0 Å². The molecule has 0 radical (unpaired) electrons. The number of hydrogen-bond acceptors (Lipinski definition) is 3. The Balaban J connectivity index is 2.27. The fourth-order valence-corrected chi connectivity index (χ4v) is 2.82. The molecule has 0 aliphatic carbocycles. The van der Waals surface area contributed by atoms with Crippen LogP contribution in [0.1, 0.15) is 28.8 Å². The normalized spacial score (nSPS) is 18.9. The number of nitrogens with two attached hydrogens (primary N) is 1. The zero-order valence-electron chi connectivity index (χ0n) is 12.3. The average Bonchev–Trinajstić information content (AvgIpc) is 2.80. The van der Waals surface area contributed by atoms with Crippen LogP contribution in [-0.2, 0) is 0 Å². The lowest BCUT2D eigenvalue weighted by atomic mass is 10.1. The summed E-state index contributed by atoms with van der Waals surface area (Å²) in [5, 5.41) is 0. The number of aryl methyl sites for hydroxylation is 1. The Hall–Kier alpha value is -1.62. The van der Waals surface area contributed by atoms with Crippen LogP contribution in [0, 0.1) is 12.7 Å². The minimum absolute atomic E-state index is 0.0909. The third-order valence-electron chi connectivity index (χ3n) is 3.72. The van der Waals surface area contributed by atoms with Crippen molar-refractivity contribution in [1.29, 1.82) is 0 Å². The van der Waals surface area contributed by atoms with E-state index in [0.29, 0.717) is 17.8 Å². The molecule has 1 fully saturated rings. The molecule has 1 aromatic carbocycles. The van der Waals surface area contributed by atoms with Crippen molar-refractivity contribution in [3.05, 3.63) is 29.1 Å². The number of benzene rings is 1. The third kappa shape index (κ3) is 2.93. The summed E-state index contributed by atoms with van der Waals surface area (Å²) < 4.78 is 14.2. The molecule has 1 aliphatic rings. The highest BCUT2D eigenvalue weighted by Gasteiger charge is 2.31. The number of carbonyl (C=O) groups is 1. The molecule has 0 spiro atoms. The van der Waals surface area contributed by atoms with Crippen LogP contribution in [0.15, 0.2) is 12.1 Å². The van der Waals surface area contributed by atoms with Crippen molar-refractivity contribution in [2.24, 2.45) is 0 Å². The van der Waals surface area contributed by atoms with E-state index in [1.165, 1.54) is 6.07 Å². The van der Waals surface area contributed by atoms with Gasteiger partial charge in [-0.3, -0.25) is 4.79 Å². The van der Waals surface area contributed by atoms with E-state index in [4.69, 9.17) is 5.73 Å². The lowest BCUT2D eigenvalue weighted by Gasteiger charge is -2.27. The number of carbonyl (C=O) groups excluding carboxylic acids is 1. The number of hydrogen-bond donors (Lipinski definition) is 1. The Morgan fingerprint density at radius 1 is 1.50 bits per heavy atom. The van der Waals surface area contributed by atoms with Crippen molar-refractivity contribution >= 4 is 11.6 Å². The minimum atomic E-state index is -0.459. The van der Waals surface area contributed by atoms with Crippen molar-refractivity contribution in [1.82, 2.24) is 9.80 Å². The second kappa shape index (κ2) is 5.79. The molecule has 5 heteroatoms. The third-order valence-corrected chi connectivity index (χ3v) is 3.72. The van der Waals surface area contributed by atoms with E-state index in [-0.39, 0.29) is 17.5 Å². The van der Waals surface area contributed by atoms with Gasteiger partial charge in [0, 0.05) is 24.8 Å². The fourth-order valence-electron chi connectivity index (χ4n) is 2.82. The number of amides is 1. The van der Waals surface area contributed by atoms with Gasteiger partial charge in [0.15, 0.2) is 0 Å². The second-order valence-electron chi connectivity index (χ2n) is 5.76. The van der Waals surface area contributed by atoms with E-state index in [1.54, 1.807) is 17.9 Å². The Bertz CT molecular complexity index is 516. The van der Waals surface area contributed by atoms with E-state index in [1.807, 2.05) is 14.1 Å². The largest absolute Gasteiger partial charge is 0.399 e. The maximum Gasteiger partial charge on any atom is 0.257 e. The first-order chi connectivity index (χ1) is 9.40. The molecule has 1 unspecified atom stereocenters. The van der Waals surface area contributed by atoms with Gasteiger partial charge in [-0.2, -0.15) is 0 Å². The summed E-state index contributed by atoms with van der Waals surface area (Å²) in [7, 11) is 3.96. The molecule has 1 atom stereocenters. The quantitative estimate of drug-likeness (QED) is 0.860. The maximum absolute atomic E-state index is 14.2. The fraction of sp³-hybridized carbons (Fsp3) is 0.533. The van der Waals surface area contributed by atoms with Gasteiger partial charge in [-0.15, -0.1) is 0 Å². The minimum Gasteiger partial charge on any atom is -0.399 e. The van der Waals surface area contributed by atoms with E-state index in [9.17, 15) is 9.18 Å². The summed E-state index contributed by atoms with van der Waals surface area (Å²) in [4.78, 5) is 16.4. The van der Waals surface area contributed by atoms with Crippen LogP contribution in [-0.4, -0.2) is 48.9 Å². The molecular formula is C15H22FN3O. The summed E-state index contributed by atoms with van der Waals surface area (Å²) in [6.45, 7) is 3.11. The SMILES string of the molecule is Cc1cc(N)cc(C(=O)N2CCCC2CN(C)C)c1F. The number of nitrogen functional groups attached to an aromatic ring is 1. The number of anilines is 1. The van der Waals surface area contributed by atoms with Crippen LogP contribution in [0.5, 0.6) is 0 Å². The smallest absolute Gasteiger partial charge is 0.257 e. The van der Waals surface area contributed by atoms with Gasteiger partial charge in [-0.25, -0.2) is 4.39 Å². The van der Waals surface area contributed by atoms with Gasteiger partial charge < -0.3 is 15.5 Å². The summed E-state index contributed by atoms with van der Waals surface area (Å²) in [6, 6.07) is 3.14. The first kappa shape index (κ1) is 14.8. The zero-order chi connectivity index (χ0) is 14.9. The van der Waals surface area contributed by atoms with Gasteiger partial charge in [0.2, 0.25) is 0 Å². The van der Waals surface area contributed by atoms with E-state index < -0.39 is 5.82 Å². The van der Waals surface area contributed by atoms with Gasteiger partial charge in [0.05, 0.1) is 5.56 Å². The van der Waals surface area contributed by atoms with E-state index in [0.717, 1.165) is 19.4 Å². The summed E-state index contributed by atoms with van der Waals surface area (Å²) in [6.07, 6.45) is 1.93. The molecule has 4 nitrogen and oxygen atoms in total. The lowest BCUT2D eigenvalue weighted by Crippen LogP contribution is -2.41. The number of nitrogens with zero attached hydrogens (tertiary/aromatic N) is 2. The zero-order valence-corrected chi connectivity index (χ0v) is 12.3. The van der Waals surface area contributed by atoms with Gasteiger partial charge in [0.1, 0.15) is 5.82 Å². The molecular weight excluding hydrogens is 257 g/mol. The molecule has 1 aliphatic heterocycles. The number of rotatable bonds is 3. The molecule has 110 valence electrons. The monoisotopic (exact) mass is 279 g/mol. The van der Waals surface area contributed by atoms with Gasteiger partial charge in [0.25, 0.3) is 5.91 Å². The average molecular weight is 279 g/mol. The van der Waals surface area contributed by atoms with Crippen LogP contribution >= 0.6 is 0 Å². The van der Waals surface area contributed by atoms with Crippen molar-refractivity contribution in [2.75, 3.05) is 32.9 Å². The Labute approximate surface area is 119 Å². The number of halogens is 1. The van der Waals surface area contributed by atoms with Gasteiger partial charge in [-0.05, 0) is 51.6 Å². The topological polar surface area (TPSA) is 49.6 Å². The Kier molecular flexibility index (Phi) is 4.28. The molecule has 0 bridgehead atoms. The summed E-state index contributed by atoms with van der Waals surface area (Å²) in [5.74, 6) is -0.707. The molecule has 2 N–H and O–H groups in total. The van der Waals surface area contributed by atoms with Crippen molar-refractivity contribution in [2.45, 2.75) is 25.8 Å². The molecule has 1 aromatic rings. The van der Waals surface area contributed by atoms with Gasteiger partial charge >= 0.3 is 0 Å². The van der Waals surface area contributed by atoms with E-state index >= 15 is 0 Å². The van der Waals surface area contributed by atoms with E-state index in [2.05, 4.69) is 4.90 Å². The van der Waals surface area contributed by atoms with Crippen LogP contribution in [0.2, 0.25) is 0 Å². The van der Waals surface area contributed by atoms with Crippen molar-refractivity contribution in [3.8, 4) is 0 Å².